The minimum atomic E-state index is -0.0688. The Morgan fingerprint density at radius 2 is 2.08 bits per heavy atom. The van der Waals surface area contributed by atoms with E-state index < -0.39 is 0 Å². The number of hydrogen-bond acceptors (Lipinski definition) is 2. The molecule has 1 aliphatic carbocycles. The summed E-state index contributed by atoms with van der Waals surface area (Å²) >= 11 is 0. The van der Waals surface area contributed by atoms with Crippen molar-refractivity contribution in [2.75, 3.05) is 6.54 Å². The van der Waals surface area contributed by atoms with Crippen LogP contribution in [0.15, 0.2) is 0 Å². The van der Waals surface area contributed by atoms with Gasteiger partial charge in [0, 0.05) is 18.1 Å². The highest BCUT2D eigenvalue weighted by atomic mass is 15.0. The molecule has 1 aliphatic rings. The van der Waals surface area contributed by atoms with Crippen molar-refractivity contribution in [3.63, 3.8) is 0 Å². The van der Waals surface area contributed by atoms with E-state index in [-0.39, 0.29) is 5.54 Å². The smallest absolute Gasteiger partial charge is 0.0223 e. The van der Waals surface area contributed by atoms with Gasteiger partial charge >= 0.3 is 0 Å². The van der Waals surface area contributed by atoms with E-state index in [9.17, 15) is 0 Å². The lowest BCUT2D eigenvalue weighted by Crippen LogP contribution is -2.47. The molecule has 0 aromatic carbocycles. The normalized spacial score (nSPS) is 30.5. The lowest BCUT2D eigenvalue weighted by atomic mass is 9.87. The van der Waals surface area contributed by atoms with Crippen molar-refractivity contribution in [1.82, 2.24) is 5.32 Å². The minimum Gasteiger partial charge on any atom is -0.324 e. The second kappa shape index (κ2) is 4.43. The first-order valence-corrected chi connectivity index (χ1v) is 5.49. The predicted molar refractivity (Wildman–Crippen MR) is 57.7 cm³/mol. The third-order valence-electron chi connectivity index (χ3n) is 2.78. The molecular formula is C11H24N2. The summed E-state index contributed by atoms with van der Waals surface area (Å²) in [6.07, 6.45) is 5.45. The first-order valence-electron chi connectivity index (χ1n) is 5.49. The molecule has 78 valence electrons. The van der Waals surface area contributed by atoms with E-state index in [2.05, 4.69) is 26.1 Å². The lowest BCUT2D eigenvalue weighted by molar-refractivity contribution is 0.286. The maximum atomic E-state index is 5.92. The summed E-state index contributed by atoms with van der Waals surface area (Å²) in [6, 6.07) is 0.714. The molecule has 0 radical (unpaired) electrons. The van der Waals surface area contributed by atoms with Gasteiger partial charge in [-0.2, -0.15) is 0 Å². The maximum absolute atomic E-state index is 5.92. The molecule has 2 atom stereocenters. The molecule has 0 heterocycles. The van der Waals surface area contributed by atoms with Crippen LogP contribution in [0.4, 0.5) is 0 Å². The van der Waals surface area contributed by atoms with Crippen molar-refractivity contribution in [1.29, 1.82) is 0 Å². The first kappa shape index (κ1) is 11.0. The number of nitrogens with two attached hydrogens (primary N) is 1. The van der Waals surface area contributed by atoms with Gasteiger partial charge in [0.05, 0.1) is 0 Å². The average molecular weight is 184 g/mol. The summed E-state index contributed by atoms with van der Waals surface area (Å²) in [4.78, 5) is 0. The Balaban J connectivity index is 2.21. The van der Waals surface area contributed by atoms with Crippen molar-refractivity contribution >= 4 is 0 Å². The van der Waals surface area contributed by atoms with Crippen molar-refractivity contribution in [2.45, 2.75) is 58.0 Å². The van der Waals surface area contributed by atoms with E-state index in [0.29, 0.717) is 6.04 Å². The zero-order chi connectivity index (χ0) is 9.90. The predicted octanol–water partition coefficient (Wildman–Crippen LogP) is 1.89. The first-order chi connectivity index (χ1) is 5.97. The van der Waals surface area contributed by atoms with E-state index in [4.69, 9.17) is 5.73 Å². The highest BCUT2D eigenvalue weighted by Crippen LogP contribution is 2.23. The van der Waals surface area contributed by atoms with Crippen molar-refractivity contribution < 1.29 is 0 Å². The van der Waals surface area contributed by atoms with E-state index in [1.54, 1.807) is 0 Å². The van der Waals surface area contributed by atoms with Crippen molar-refractivity contribution in [2.24, 2.45) is 11.7 Å². The Morgan fingerprint density at radius 3 is 2.62 bits per heavy atom. The molecule has 0 aromatic rings. The van der Waals surface area contributed by atoms with Gasteiger partial charge in [-0.1, -0.05) is 19.8 Å². The molecule has 2 nitrogen and oxygen atoms in total. The SMILES string of the molecule is CC1CCCC(NCC(C)(C)N)C1. The van der Waals surface area contributed by atoms with Gasteiger partial charge in [-0.15, -0.1) is 0 Å². The summed E-state index contributed by atoms with van der Waals surface area (Å²) in [5.74, 6) is 0.895. The van der Waals surface area contributed by atoms with Gasteiger partial charge in [-0.05, 0) is 32.6 Å². The number of nitrogens with one attached hydrogen (secondary N) is 1. The standard InChI is InChI=1S/C11H24N2/c1-9-5-4-6-10(7-9)13-8-11(2,3)12/h9-10,13H,4-8,12H2,1-3H3. The average Bonchev–Trinajstić information content (AvgIpc) is 2.00. The minimum absolute atomic E-state index is 0.0688. The van der Waals surface area contributed by atoms with Crippen LogP contribution in [0.3, 0.4) is 0 Å². The van der Waals surface area contributed by atoms with Gasteiger partial charge in [-0.25, -0.2) is 0 Å². The van der Waals surface area contributed by atoms with Crippen LogP contribution < -0.4 is 11.1 Å². The Bertz CT molecular complexity index is 149. The molecule has 13 heavy (non-hydrogen) atoms. The Labute approximate surface area is 82.3 Å². The second-order valence-corrected chi connectivity index (χ2v) is 5.34. The van der Waals surface area contributed by atoms with Gasteiger partial charge in [0.1, 0.15) is 0 Å². The van der Waals surface area contributed by atoms with Gasteiger partial charge in [0.2, 0.25) is 0 Å². The van der Waals surface area contributed by atoms with Gasteiger partial charge in [-0.3, -0.25) is 0 Å². The van der Waals surface area contributed by atoms with Gasteiger partial charge < -0.3 is 11.1 Å². The molecule has 0 saturated heterocycles. The molecule has 0 bridgehead atoms. The van der Waals surface area contributed by atoms with E-state index >= 15 is 0 Å². The molecule has 0 amide bonds. The Morgan fingerprint density at radius 1 is 1.38 bits per heavy atom. The topological polar surface area (TPSA) is 38.0 Å². The Hall–Kier alpha value is -0.0800. The van der Waals surface area contributed by atoms with Crippen LogP contribution in [0.2, 0.25) is 0 Å². The molecule has 0 aromatic heterocycles. The van der Waals surface area contributed by atoms with Crippen LogP contribution in [-0.2, 0) is 0 Å². The quantitative estimate of drug-likeness (QED) is 0.703. The van der Waals surface area contributed by atoms with E-state index in [0.717, 1.165) is 12.5 Å². The van der Waals surface area contributed by atoms with Crippen LogP contribution >= 0.6 is 0 Å². The molecule has 1 fully saturated rings. The molecule has 1 rings (SSSR count). The van der Waals surface area contributed by atoms with Crippen molar-refractivity contribution in [3.8, 4) is 0 Å². The third-order valence-corrected chi connectivity index (χ3v) is 2.78. The lowest BCUT2D eigenvalue weighted by Gasteiger charge is -2.30. The zero-order valence-electron chi connectivity index (χ0n) is 9.27. The fourth-order valence-electron chi connectivity index (χ4n) is 2.03. The van der Waals surface area contributed by atoms with Crippen LogP contribution in [-0.4, -0.2) is 18.1 Å². The maximum Gasteiger partial charge on any atom is 0.0223 e. The Kier molecular flexibility index (Phi) is 3.74. The fraction of sp³-hybridized carbons (Fsp3) is 1.00. The van der Waals surface area contributed by atoms with Gasteiger partial charge in [0.25, 0.3) is 0 Å². The molecule has 2 unspecified atom stereocenters. The van der Waals surface area contributed by atoms with Crippen molar-refractivity contribution in [3.05, 3.63) is 0 Å². The molecule has 0 spiro atoms. The van der Waals surface area contributed by atoms with Crippen LogP contribution in [0.25, 0.3) is 0 Å². The van der Waals surface area contributed by atoms with Crippen LogP contribution in [0.1, 0.15) is 46.5 Å². The summed E-state index contributed by atoms with van der Waals surface area (Å²) in [7, 11) is 0. The van der Waals surface area contributed by atoms with Crippen LogP contribution in [0, 0.1) is 5.92 Å². The number of hydrogen-bond donors (Lipinski definition) is 2. The molecular weight excluding hydrogens is 160 g/mol. The summed E-state index contributed by atoms with van der Waals surface area (Å²) in [5.41, 5.74) is 5.86. The second-order valence-electron chi connectivity index (χ2n) is 5.34. The highest BCUT2D eigenvalue weighted by molar-refractivity contribution is 4.81. The number of rotatable bonds is 3. The fourth-order valence-corrected chi connectivity index (χ4v) is 2.03. The largest absolute Gasteiger partial charge is 0.324 e. The van der Waals surface area contributed by atoms with Gasteiger partial charge in [0.15, 0.2) is 0 Å². The van der Waals surface area contributed by atoms with E-state index in [1.165, 1.54) is 25.7 Å². The third kappa shape index (κ3) is 4.63. The van der Waals surface area contributed by atoms with E-state index in [1.807, 2.05) is 0 Å². The molecule has 1 saturated carbocycles. The molecule has 2 heteroatoms. The monoisotopic (exact) mass is 184 g/mol. The highest BCUT2D eigenvalue weighted by Gasteiger charge is 2.20. The molecule has 3 N–H and O–H groups in total. The molecule has 0 aliphatic heterocycles. The summed E-state index contributed by atoms with van der Waals surface area (Å²) in [6.45, 7) is 7.43. The summed E-state index contributed by atoms with van der Waals surface area (Å²) < 4.78 is 0. The zero-order valence-corrected chi connectivity index (χ0v) is 9.27. The van der Waals surface area contributed by atoms with Crippen LogP contribution in [0.5, 0.6) is 0 Å². The summed E-state index contributed by atoms with van der Waals surface area (Å²) in [5, 5.41) is 3.57.